The molecule has 1 rings (SSSR count). The molecule has 0 saturated carbocycles. The number of ether oxygens (including phenoxy) is 1. The lowest BCUT2D eigenvalue weighted by Crippen LogP contribution is -2.26. The first-order valence-corrected chi connectivity index (χ1v) is 6.87. The third-order valence-electron chi connectivity index (χ3n) is 2.78. The van der Waals surface area contributed by atoms with Gasteiger partial charge in [-0.05, 0) is 32.6 Å². The molecule has 1 amide bonds. The second kappa shape index (κ2) is 8.97. The van der Waals surface area contributed by atoms with Gasteiger partial charge in [-0.25, -0.2) is 0 Å². The number of carboxylic acids is 1. The summed E-state index contributed by atoms with van der Waals surface area (Å²) in [4.78, 5) is 24.5. The van der Waals surface area contributed by atoms with E-state index in [1.54, 1.807) is 18.2 Å². The first-order valence-electron chi connectivity index (χ1n) is 6.87. The molecule has 0 saturated heterocycles. The molecule has 0 spiro atoms. The van der Waals surface area contributed by atoms with Gasteiger partial charge in [0.2, 0.25) is 0 Å². The van der Waals surface area contributed by atoms with Crippen LogP contribution in [0.2, 0.25) is 0 Å². The fourth-order valence-corrected chi connectivity index (χ4v) is 1.66. The van der Waals surface area contributed by atoms with Gasteiger partial charge in [0.25, 0.3) is 5.91 Å². The molecule has 1 aromatic rings. The first kappa shape index (κ1) is 17.0. The van der Waals surface area contributed by atoms with Crippen LogP contribution >= 0.6 is 0 Å². The zero-order valence-electron chi connectivity index (χ0n) is 12.5. The molecule has 0 radical (unpaired) electrons. The highest BCUT2D eigenvalue weighted by molar-refractivity contribution is 5.96. The molecule has 21 heavy (non-hydrogen) atoms. The van der Waals surface area contributed by atoms with Gasteiger partial charge in [-0.15, -0.1) is 0 Å². The molecule has 0 fully saturated rings. The van der Waals surface area contributed by atoms with Gasteiger partial charge in [0.1, 0.15) is 12.4 Å². The van der Waals surface area contributed by atoms with Gasteiger partial charge in [0, 0.05) is 19.5 Å². The number of nitrogens with one attached hydrogen (secondary N) is 1. The molecule has 0 bridgehead atoms. The van der Waals surface area contributed by atoms with Crippen LogP contribution in [0.25, 0.3) is 0 Å². The number of rotatable bonds is 9. The molecule has 1 aromatic carbocycles. The van der Waals surface area contributed by atoms with Crippen molar-refractivity contribution in [2.24, 2.45) is 0 Å². The first-order chi connectivity index (χ1) is 10.0. The van der Waals surface area contributed by atoms with Crippen molar-refractivity contribution in [3.8, 4) is 5.75 Å². The second-order valence-electron chi connectivity index (χ2n) is 4.90. The van der Waals surface area contributed by atoms with Gasteiger partial charge >= 0.3 is 5.97 Å². The van der Waals surface area contributed by atoms with E-state index in [2.05, 4.69) is 5.32 Å². The van der Waals surface area contributed by atoms with Gasteiger partial charge in [0.05, 0.1) is 5.56 Å². The fraction of sp³-hybridized carbons (Fsp3) is 0.467. The zero-order chi connectivity index (χ0) is 15.7. The number of aliphatic carboxylic acids is 1. The SMILES string of the molecule is CN(C)CCOc1ccccc1C(=O)NCCCC(=O)O. The van der Waals surface area contributed by atoms with Crippen LogP contribution in [0.3, 0.4) is 0 Å². The fourth-order valence-electron chi connectivity index (χ4n) is 1.66. The van der Waals surface area contributed by atoms with E-state index < -0.39 is 5.97 Å². The van der Waals surface area contributed by atoms with E-state index in [9.17, 15) is 9.59 Å². The molecule has 116 valence electrons. The smallest absolute Gasteiger partial charge is 0.303 e. The molecular formula is C15H22N2O4. The van der Waals surface area contributed by atoms with Gasteiger partial charge in [0.15, 0.2) is 0 Å². The molecule has 6 heteroatoms. The summed E-state index contributed by atoms with van der Waals surface area (Å²) in [6.07, 6.45) is 0.450. The maximum absolute atomic E-state index is 12.1. The molecule has 0 unspecified atom stereocenters. The Hall–Kier alpha value is -2.08. The van der Waals surface area contributed by atoms with Crippen molar-refractivity contribution in [1.29, 1.82) is 0 Å². The molecule has 0 aromatic heterocycles. The van der Waals surface area contributed by atoms with Crippen molar-refractivity contribution in [3.05, 3.63) is 29.8 Å². The van der Waals surface area contributed by atoms with Gasteiger partial charge in [-0.2, -0.15) is 0 Å². The Labute approximate surface area is 124 Å². The lowest BCUT2D eigenvalue weighted by molar-refractivity contribution is -0.137. The van der Waals surface area contributed by atoms with Crippen LogP contribution < -0.4 is 10.1 Å². The molecule has 0 aliphatic carbocycles. The van der Waals surface area contributed by atoms with Crippen molar-refractivity contribution < 1.29 is 19.4 Å². The molecule has 0 atom stereocenters. The minimum absolute atomic E-state index is 0.0429. The maximum atomic E-state index is 12.1. The average Bonchev–Trinajstić information content (AvgIpc) is 2.43. The maximum Gasteiger partial charge on any atom is 0.303 e. The lowest BCUT2D eigenvalue weighted by Gasteiger charge is -2.13. The molecule has 0 heterocycles. The summed E-state index contributed by atoms with van der Waals surface area (Å²) in [5, 5.41) is 11.2. The standard InChI is InChI=1S/C15H22N2O4/c1-17(2)10-11-21-13-7-4-3-6-12(13)15(20)16-9-5-8-14(18)19/h3-4,6-7H,5,8-11H2,1-2H3,(H,16,20)(H,18,19). The van der Waals surface area contributed by atoms with Gasteiger partial charge in [-0.3, -0.25) is 9.59 Å². The molecule has 0 aliphatic rings. The lowest BCUT2D eigenvalue weighted by atomic mass is 10.2. The van der Waals surface area contributed by atoms with Crippen LogP contribution in [-0.2, 0) is 4.79 Å². The minimum Gasteiger partial charge on any atom is -0.491 e. The van der Waals surface area contributed by atoms with E-state index in [1.165, 1.54) is 0 Å². The van der Waals surface area contributed by atoms with E-state index in [1.807, 2.05) is 25.1 Å². The molecule has 6 nitrogen and oxygen atoms in total. The van der Waals surface area contributed by atoms with Crippen LogP contribution in [0.1, 0.15) is 23.2 Å². The summed E-state index contributed by atoms with van der Waals surface area (Å²) >= 11 is 0. The topological polar surface area (TPSA) is 78.9 Å². The Kier molecular flexibility index (Phi) is 7.25. The predicted octanol–water partition coefficient (Wildman–Crippen LogP) is 1.22. The van der Waals surface area contributed by atoms with E-state index in [0.717, 1.165) is 6.54 Å². The normalized spacial score (nSPS) is 10.4. The number of amides is 1. The summed E-state index contributed by atoms with van der Waals surface area (Å²) in [6, 6.07) is 7.02. The van der Waals surface area contributed by atoms with Crippen molar-refractivity contribution in [1.82, 2.24) is 10.2 Å². The highest BCUT2D eigenvalue weighted by Gasteiger charge is 2.11. The average molecular weight is 294 g/mol. The third kappa shape index (κ3) is 6.76. The Morgan fingerprint density at radius 2 is 2.00 bits per heavy atom. The summed E-state index contributed by atoms with van der Waals surface area (Å²) in [5.41, 5.74) is 0.464. The van der Waals surface area contributed by atoms with Crippen LogP contribution in [0.4, 0.5) is 0 Å². The molecule has 0 aliphatic heterocycles. The van der Waals surface area contributed by atoms with Crippen molar-refractivity contribution in [3.63, 3.8) is 0 Å². The number of nitrogens with zero attached hydrogens (tertiary/aromatic N) is 1. The Balaban J connectivity index is 2.52. The number of likely N-dealkylation sites (N-methyl/N-ethyl adjacent to an activating group) is 1. The highest BCUT2D eigenvalue weighted by atomic mass is 16.5. The quantitative estimate of drug-likeness (QED) is 0.670. The number of hydrogen-bond acceptors (Lipinski definition) is 4. The van der Waals surface area contributed by atoms with E-state index in [4.69, 9.17) is 9.84 Å². The number of carbonyl (C=O) groups excluding carboxylic acids is 1. The van der Waals surface area contributed by atoms with E-state index in [-0.39, 0.29) is 12.3 Å². The summed E-state index contributed by atoms with van der Waals surface area (Å²) < 4.78 is 5.62. The Bertz CT molecular complexity index is 474. The van der Waals surface area contributed by atoms with Crippen LogP contribution in [-0.4, -0.2) is 55.7 Å². The van der Waals surface area contributed by atoms with E-state index >= 15 is 0 Å². The summed E-state index contributed by atoms with van der Waals surface area (Å²) in [7, 11) is 3.90. The Morgan fingerprint density at radius 1 is 1.29 bits per heavy atom. The van der Waals surface area contributed by atoms with Crippen molar-refractivity contribution in [2.45, 2.75) is 12.8 Å². The van der Waals surface area contributed by atoms with Crippen LogP contribution in [0.15, 0.2) is 24.3 Å². The summed E-state index contributed by atoms with van der Waals surface area (Å²) in [6.45, 7) is 1.59. The van der Waals surface area contributed by atoms with E-state index in [0.29, 0.717) is 30.9 Å². The number of para-hydroxylation sites is 1. The van der Waals surface area contributed by atoms with Crippen LogP contribution in [0, 0.1) is 0 Å². The third-order valence-corrected chi connectivity index (χ3v) is 2.78. The summed E-state index contributed by atoms with van der Waals surface area (Å²) in [5.74, 6) is -0.576. The molecular weight excluding hydrogens is 272 g/mol. The largest absolute Gasteiger partial charge is 0.491 e. The monoisotopic (exact) mass is 294 g/mol. The zero-order valence-corrected chi connectivity index (χ0v) is 12.5. The highest BCUT2D eigenvalue weighted by Crippen LogP contribution is 2.17. The van der Waals surface area contributed by atoms with Crippen molar-refractivity contribution >= 4 is 11.9 Å². The Morgan fingerprint density at radius 3 is 2.67 bits per heavy atom. The minimum atomic E-state index is -0.864. The second-order valence-corrected chi connectivity index (χ2v) is 4.90. The number of carbonyl (C=O) groups is 2. The predicted molar refractivity (Wildman–Crippen MR) is 79.7 cm³/mol. The van der Waals surface area contributed by atoms with Gasteiger partial charge < -0.3 is 20.1 Å². The van der Waals surface area contributed by atoms with Gasteiger partial charge in [-0.1, -0.05) is 12.1 Å². The van der Waals surface area contributed by atoms with Crippen molar-refractivity contribution in [2.75, 3.05) is 33.8 Å². The number of hydrogen-bond donors (Lipinski definition) is 2. The van der Waals surface area contributed by atoms with Crippen LogP contribution in [0.5, 0.6) is 5.75 Å². The number of carboxylic acid groups (broad SMARTS) is 1. The molecule has 2 N–H and O–H groups in total. The number of benzene rings is 1.